The van der Waals surface area contributed by atoms with Gasteiger partial charge in [-0.15, -0.1) is 0 Å². The van der Waals surface area contributed by atoms with Crippen molar-refractivity contribution in [2.75, 3.05) is 7.05 Å². The molecule has 0 aliphatic carbocycles. The van der Waals surface area contributed by atoms with E-state index in [0.29, 0.717) is 0 Å². The van der Waals surface area contributed by atoms with E-state index in [-0.39, 0.29) is 12.1 Å². The Morgan fingerprint density at radius 2 is 1.94 bits per heavy atom. The third kappa shape index (κ3) is 3.98. The number of hydrogen-bond acceptors (Lipinski definition) is 3. The van der Waals surface area contributed by atoms with Gasteiger partial charge in [0, 0.05) is 16.1 Å². The van der Waals surface area contributed by atoms with Gasteiger partial charge < -0.3 is 15.2 Å². The summed E-state index contributed by atoms with van der Waals surface area (Å²) in [5.41, 5.74) is 1.08. The number of ether oxygens (including phenoxy) is 1. The average Bonchev–Trinajstić information content (AvgIpc) is 2.30. The molecule has 1 aromatic carbocycles. The van der Waals surface area contributed by atoms with Gasteiger partial charge in [0.15, 0.2) is 0 Å². The van der Waals surface area contributed by atoms with Crippen molar-refractivity contribution < 1.29 is 9.84 Å². The molecule has 17 heavy (non-hydrogen) atoms. The molecule has 0 fully saturated rings. The molecule has 0 saturated heterocycles. The fourth-order valence-corrected chi connectivity index (χ4v) is 1.80. The number of hydrogen-bond donors (Lipinski definition) is 2. The number of aliphatic hydroxyl groups excluding tert-OH is 1. The normalized spacial score (nSPS) is 16.4. The molecular formula is C13H20BrNO2. The number of nitrogens with one attached hydrogen (secondary N) is 1. The number of rotatable bonds is 5. The first-order valence-electron chi connectivity index (χ1n) is 5.77. The van der Waals surface area contributed by atoms with Crippen molar-refractivity contribution in [1.82, 2.24) is 5.32 Å². The summed E-state index contributed by atoms with van der Waals surface area (Å²) in [6.07, 6.45) is -0.713. The fourth-order valence-electron chi connectivity index (χ4n) is 1.42. The highest BCUT2D eigenvalue weighted by Gasteiger charge is 2.15. The van der Waals surface area contributed by atoms with Crippen LogP contribution in [0.2, 0.25) is 0 Å². The van der Waals surface area contributed by atoms with Gasteiger partial charge in [-0.3, -0.25) is 0 Å². The Bertz CT molecular complexity index is 368. The first-order chi connectivity index (χ1) is 7.95. The molecule has 0 heterocycles. The summed E-state index contributed by atoms with van der Waals surface area (Å²) in [6.45, 7) is 5.66. The Morgan fingerprint density at radius 1 is 1.29 bits per heavy atom. The van der Waals surface area contributed by atoms with Gasteiger partial charge in [-0.2, -0.15) is 0 Å². The van der Waals surface area contributed by atoms with Crippen LogP contribution in [0.4, 0.5) is 0 Å². The Kier molecular flexibility index (Phi) is 5.43. The SMILES string of the molecule is CNC(C)c1cc(Br)ccc1OC(C)C(C)O. The quantitative estimate of drug-likeness (QED) is 0.879. The summed E-state index contributed by atoms with van der Waals surface area (Å²) in [5, 5.41) is 12.7. The fraction of sp³-hybridized carbons (Fsp3) is 0.538. The van der Waals surface area contributed by atoms with E-state index in [4.69, 9.17) is 4.74 Å². The molecule has 0 radical (unpaired) electrons. The highest BCUT2D eigenvalue weighted by atomic mass is 79.9. The van der Waals surface area contributed by atoms with Crippen LogP contribution in [-0.2, 0) is 0 Å². The minimum atomic E-state index is -0.489. The number of benzene rings is 1. The topological polar surface area (TPSA) is 41.5 Å². The van der Waals surface area contributed by atoms with Crippen LogP contribution in [0, 0.1) is 0 Å². The largest absolute Gasteiger partial charge is 0.488 e. The van der Waals surface area contributed by atoms with Gasteiger partial charge in [0.2, 0.25) is 0 Å². The van der Waals surface area contributed by atoms with E-state index in [1.54, 1.807) is 6.92 Å². The lowest BCUT2D eigenvalue weighted by Crippen LogP contribution is -2.26. The molecule has 3 nitrogen and oxygen atoms in total. The Hall–Kier alpha value is -0.580. The second-order valence-electron chi connectivity index (χ2n) is 4.26. The molecule has 96 valence electrons. The van der Waals surface area contributed by atoms with Crippen molar-refractivity contribution in [3.8, 4) is 5.75 Å². The van der Waals surface area contributed by atoms with Gasteiger partial charge in [0.25, 0.3) is 0 Å². The Balaban J connectivity index is 2.98. The zero-order valence-electron chi connectivity index (χ0n) is 10.7. The first kappa shape index (κ1) is 14.5. The van der Waals surface area contributed by atoms with Gasteiger partial charge in [-0.25, -0.2) is 0 Å². The molecule has 0 saturated carbocycles. The van der Waals surface area contributed by atoms with Crippen LogP contribution in [0.25, 0.3) is 0 Å². The molecule has 3 unspecified atom stereocenters. The van der Waals surface area contributed by atoms with Crippen molar-refractivity contribution in [1.29, 1.82) is 0 Å². The molecule has 0 aliphatic heterocycles. The summed E-state index contributed by atoms with van der Waals surface area (Å²) >= 11 is 3.46. The molecule has 4 heteroatoms. The zero-order chi connectivity index (χ0) is 13.0. The van der Waals surface area contributed by atoms with E-state index in [2.05, 4.69) is 28.2 Å². The van der Waals surface area contributed by atoms with Crippen molar-refractivity contribution in [3.63, 3.8) is 0 Å². The van der Waals surface area contributed by atoms with Gasteiger partial charge in [-0.05, 0) is 46.0 Å². The van der Waals surface area contributed by atoms with E-state index in [1.165, 1.54) is 0 Å². The lowest BCUT2D eigenvalue weighted by Gasteiger charge is -2.22. The van der Waals surface area contributed by atoms with Gasteiger partial charge in [0.05, 0.1) is 6.10 Å². The van der Waals surface area contributed by atoms with Crippen molar-refractivity contribution in [3.05, 3.63) is 28.2 Å². The van der Waals surface area contributed by atoms with E-state index >= 15 is 0 Å². The second kappa shape index (κ2) is 6.38. The predicted molar refractivity (Wildman–Crippen MR) is 73.4 cm³/mol. The minimum absolute atomic E-state index is 0.198. The van der Waals surface area contributed by atoms with Gasteiger partial charge in [-0.1, -0.05) is 15.9 Å². The maximum Gasteiger partial charge on any atom is 0.124 e. The zero-order valence-corrected chi connectivity index (χ0v) is 12.3. The number of aliphatic hydroxyl groups is 1. The smallest absolute Gasteiger partial charge is 0.124 e. The molecule has 0 spiro atoms. The van der Waals surface area contributed by atoms with Crippen molar-refractivity contribution >= 4 is 15.9 Å². The Labute approximate surface area is 111 Å². The van der Waals surface area contributed by atoms with Crippen LogP contribution >= 0.6 is 15.9 Å². The van der Waals surface area contributed by atoms with Crippen LogP contribution < -0.4 is 10.1 Å². The van der Waals surface area contributed by atoms with E-state index in [9.17, 15) is 5.11 Å². The summed E-state index contributed by atoms with van der Waals surface area (Å²) in [4.78, 5) is 0. The van der Waals surface area contributed by atoms with Crippen LogP contribution in [0.1, 0.15) is 32.4 Å². The Morgan fingerprint density at radius 3 is 2.47 bits per heavy atom. The summed E-state index contributed by atoms with van der Waals surface area (Å²) in [7, 11) is 1.91. The van der Waals surface area contributed by atoms with Crippen LogP contribution in [-0.4, -0.2) is 24.4 Å². The molecule has 1 aromatic rings. The maximum absolute atomic E-state index is 9.47. The lowest BCUT2D eigenvalue weighted by molar-refractivity contribution is 0.0595. The monoisotopic (exact) mass is 301 g/mol. The summed E-state index contributed by atoms with van der Waals surface area (Å²) < 4.78 is 6.79. The third-order valence-corrected chi connectivity index (χ3v) is 3.36. The summed E-state index contributed by atoms with van der Waals surface area (Å²) in [6, 6.07) is 6.09. The molecule has 0 bridgehead atoms. The van der Waals surface area contributed by atoms with Crippen molar-refractivity contribution in [2.45, 2.75) is 39.0 Å². The maximum atomic E-state index is 9.47. The molecular weight excluding hydrogens is 282 g/mol. The molecule has 1 rings (SSSR count). The summed E-state index contributed by atoms with van der Waals surface area (Å²) in [5.74, 6) is 0.809. The van der Waals surface area contributed by atoms with Gasteiger partial charge >= 0.3 is 0 Å². The standard InChI is InChI=1S/C13H20BrNO2/c1-8(15-4)12-7-11(14)5-6-13(12)17-10(3)9(2)16/h5-10,15-16H,1-4H3. The molecule has 0 aliphatic rings. The average molecular weight is 302 g/mol. The second-order valence-corrected chi connectivity index (χ2v) is 5.17. The van der Waals surface area contributed by atoms with Crippen LogP contribution in [0.15, 0.2) is 22.7 Å². The molecule has 0 aromatic heterocycles. The third-order valence-electron chi connectivity index (χ3n) is 2.86. The van der Waals surface area contributed by atoms with Crippen LogP contribution in [0.3, 0.4) is 0 Å². The van der Waals surface area contributed by atoms with Crippen LogP contribution in [0.5, 0.6) is 5.75 Å². The highest BCUT2D eigenvalue weighted by molar-refractivity contribution is 9.10. The lowest BCUT2D eigenvalue weighted by atomic mass is 10.1. The molecule has 0 amide bonds. The van der Waals surface area contributed by atoms with E-state index in [0.717, 1.165) is 15.8 Å². The molecule has 3 atom stereocenters. The minimum Gasteiger partial charge on any atom is -0.488 e. The number of halogens is 1. The molecule has 2 N–H and O–H groups in total. The van der Waals surface area contributed by atoms with E-state index in [1.807, 2.05) is 32.2 Å². The van der Waals surface area contributed by atoms with Crippen molar-refractivity contribution in [2.24, 2.45) is 0 Å². The van der Waals surface area contributed by atoms with Gasteiger partial charge in [0.1, 0.15) is 11.9 Å². The van der Waals surface area contributed by atoms with E-state index < -0.39 is 6.10 Å². The highest BCUT2D eigenvalue weighted by Crippen LogP contribution is 2.29. The predicted octanol–water partition coefficient (Wildman–Crippen LogP) is 2.88. The first-order valence-corrected chi connectivity index (χ1v) is 6.56.